The Balaban J connectivity index is 1.89. The molecule has 1 aromatic heterocycles. The number of ether oxygens (including phenoxy) is 1. The Labute approximate surface area is 141 Å². The molecule has 2 aromatic rings. The highest BCUT2D eigenvalue weighted by Gasteiger charge is 2.21. The van der Waals surface area contributed by atoms with Gasteiger partial charge < -0.3 is 15.0 Å². The van der Waals surface area contributed by atoms with Gasteiger partial charge in [-0.2, -0.15) is 0 Å². The van der Waals surface area contributed by atoms with Crippen LogP contribution in [-0.2, 0) is 0 Å². The molecular formula is C18H22N4O2. The summed E-state index contributed by atoms with van der Waals surface area (Å²) in [5.41, 5.74) is 2.35. The van der Waals surface area contributed by atoms with Crippen molar-refractivity contribution >= 4 is 17.4 Å². The van der Waals surface area contributed by atoms with Crippen molar-refractivity contribution in [1.82, 2.24) is 14.9 Å². The van der Waals surface area contributed by atoms with Crippen LogP contribution in [0.5, 0.6) is 5.75 Å². The van der Waals surface area contributed by atoms with Crippen LogP contribution in [0.25, 0.3) is 0 Å². The number of rotatable bonds is 4. The van der Waals surface area contributed by atoms with Crippen LogP contribution >= 0.6 is 0 Å². The standard InChI is InChI=1S/C18H22N4O2/c1-12-6-7-16(24-3)14(10-12)21-17-11-15(19-13(2)20-17)18(23)22-8-4-5-9-22/h6-7,10-11H,4-5,8-9H2,1-3H3,(H,19,20,21). The molecule has 0 aliphatic carbocycles. The van der Waals surface area contributed by atoms with Crippen LogP contribution in [0, 0.1) is 13.8 Å². The van der Waals surface area contributed by atoms with Gasteiger partial charge in [0.25, 0.3) is 5.91 Å². The Kier molecular flexibility index (Phi) is 4.64. The number of amides is 1. The molecule has 0 spiro atoms. The molecule has 1 amide bonds. The minimum Gasteiger partial charge on any atom is -0.495 e. The normalized spacial score (nSPS) is 13.9. The monoisotopic (exact) mass is 326 g/mol. The van der Waals surface area contributed by atoms with Gasteiger partial charge in [0.2, 0.25) is 0 Å². The first kappa shape index (κ1) is 16.2. The van der Waals surface area contributed by atoms with E-state index in [1.807, 2.05) is 30.0 Å². The van der Waals surface area contributed by atoms with E-state index in [-0.39, 0.29) is 5.91 Å². The Bertz CT molecular complexity index is 755. The van der Waals surface area contributed by atoms with Gasteiger partial charge in [0, 0.05) is 19.2 Å². The highest BCUT2D eigenvalue weighted by atomic mass is 16.5. The van der Waals surface area contributed by atoms with Gasteiger partial charge in [-0.05, 0) is 44.4 Å². The fraction of sp³-hybridized carbons (Fsp3) is 0.389. The summed E-state index contributed by atoms with van der Waals surface area (Å²) in [5, 5.41) is 3.24. The number of methoxy groups -OCH3 is 1. The van der Waals surface area contributed by atoms with Gasteiger partial charge in [0.05, 0.1) is 12.8 Å². The molecule has 0 bridgehead atoms. The number of anilines is 2. The molecule has 1 saturated heterocycles. The summed E-state index contributed by atoms with van der Waals surface area (Å²) in [6.45, 7) is 5.41. The van der Waals surface area contributed by atoms with Crippen LogP contribution < -0.4 is 10.1 Å². The second-order valence-electron chi connectivity index (χ2n) is 6.01. The van der Waals surface area contributed by atoms with Crippen molar-refractivity contribution in [2.24, 2.45) is 0 Å². The SMILES string of the molecule is COc1ccc(C)cc1Nc1cc(C(=O)N2CCCC2)nc(C)n1. The molecule has 1 aliphatic heterocycles. The van der Waals surface area contributed by atoms with Crippen molar-refractivity contribution in [3.05, 3.63) is 41.3 Å². The van der Waals surface area contributed by atoms with E-state index < -0.39 is 0 Å². The lowest BCUT2D eigenvalue weighted by Gasteiger charge is -2.16. The van der Waals surface area contributed by atoms with E-state index >= 15 is 0 Å². The number of likely N-dealkylation sites (tertiary alicyclic amines) is 1. The first-order valence-corrected chi connectivity index (χ1v) is 8.13. The summed E-state index contributed by atoms with van der Waals surface area (Å²) in [6.07, 6.45) is 2.11. The zero-order chi connectivity index (χ0) is 17.1. The van der Waals surface area contributed by atoms with Gasteiger partial charge in [-0.25, -0.2) is 9.97 Å². The topological polar surface area (TPSA) is 67.3 Å². The van der Waals surface area contributed by atoms with E-state index in [1.54, 1.807) is 20.1 Å². The number of aromatic nitrogens is 2. The van der Waals surface area contributed by atoms with Gasteiger partial charge in [0.1, 0.15) is 23.1 Å². The molecule has 6 nitrogen and oxygen atoms in total. The number of nitrogens with one attached hydrogen (secondary N) is 1. The Morgan fingerprint density at radius 3 is 2.62 bits per heavy atom. The lowest BCUT2D eigenvalue weighted by Crippen LogP contribution is -2.28. The fourth-order valence-electron chi connectivity index (χ4n) is 2.88. The van der Waals surface area contributed by atoms with Crippen LogP contribution in [0.4, 0.5) is 11.5 Å². The quantitative estimate of drug-likeness (QED) is 0.935. The zero-order valence-electron chi connectivity index (χ0n) is 14.3. The van der Waals surface area contributed by atoms with E-state index in [2.05, 4.69) is 15.3 Å². The predicted octanol–water partition coefficient (Wildman–Crippen LogP) is 3.08. The number of hydrogen-bond donors (Lipinski definition) is 1. The third kappa shape index (κ3) is 3.48. The Morgan fingerprint density at radius 2 is 1.92 bits per heavy atom. The van der Waals surface area contributed by atoms with Gasteiger partial charge >= 0.3 is 0 Å². The molecule has 0 atom stereocenters. The third-order valence-corrected chi connectivity index (χ3v) is 4.07. The van der Waals surface area contributed by atoms with Crippen LogP contribution in [0.3, 0.4) is 0 Å². The van der Waals surface area contributed by atoms with Gasteiger partial charge in [-0.15, -0.1) is 0 Å². The summed E-state index contributed by atoms with van der Waals surface area (Å²) >= 11 is 0. The molecule has 1 N–H and O–H groups in total. The minimum absolute atomic E-state index is 0.0303. The van der Waals surface area contributed by atoms with E-state index in [0.29, 0.717) is 17.3 Å². The van der Waals surface area contributed by atoms with Crippen LogP contribution in [0.1, 0.15) is 34.7 Å². The third-order valence-electron chi connectivity index (χ3n) is 4.07. The summed E-state index contributed by atoms with van der Waals surface area (Å²) in [5.74, 6) is 1.85. The first-order valence-electron chi connectivity index (χ1n) is 8.13. The average molecular weight is 326 g/mol. The number of aryl methyl sites for hydroxylation is 2. The number of benzene rings is 1. The van der Waals surface area contributed by atoms with E-state index in [1.165, 1.54) is 0 Å². The fourth-order valence-corrected chi connectivity index (χ4v) is 2.88. The zero-order valence-corrected chi connectivity index (χ0v) is 14.3. The Hall–Kier alpha value is -2.63. The molecule has 0 radical (unpaired) electrons. The molecule has 24 heavy (non-hydrogen) atoms. The van der Waals surface area contributed by atoms with Gasteiger partial charge in [-0.3, -0.25) is 4.79 Å². The molecular weight excluding hydrogens is 304 g/mol. The van der Waals surface area contributed by atoms with Gasteiger partial charge in [0.15, 0.2) is 0 Å². The highest BCUT2D eigenvalue weighted by Crippen LogP contribution is 2.28. The highest BCUT2D eigenvalue weighted by molar-refractivity contribution is 5.93. The molecule has 2 heterocycles. The van der Waals surface area contributed by atoms with Gasteiger partial charge in [-0.1, -0.05) is 6.07 Å². The molecule has 6 heteroatoms. The maximum atomic E-state index is 12.6. The molecule has 1 aliphatic rings. The second kappa shape index (κ2) is 6.86. The van der Waals surface area contributed by atoms with Crippen molar-refractivity contribution in [2.75, 3.05) is 25.5 Å². The number of hydrogen-bond acceptors (Lipinski definition) is 5. The summed E-state index contributed by atoms with van der Waals surface area (Å²) < 4.78 is 5.38. The maximum absolute atomic E-state index is 12.6. The smallest absolute Gasteiger partial charge is 0.272 e. The van der Waals surface area contributed by atoms with Crippen LogP contribution in [0.15, 0.2) is 24.3 Å². The maximum Gasteiger partial charge on any atom is 0.272 e. The first-order chi connectivity index (χ1) is 11.6. The summed E-state index contributed by atoms with van der Waals surface area (Å²) in [6, 6.07) is 7.58. The van der Waals surface area contributed by atoms with E-state index in [0.717, 1.165) is 42.9 Å². The lowest BCUT2D eigenvalue weighted by molar-refractivity contribution is 0.0786. The van der Waals surface area contributed by atoms with Crippen LogP contribution in [0.2, 0.25) is 0 Å². The molecule has 0 saturated carbocycles. The van der Waals surface area contributed by atoms with Crippen molar-refractivity contribution in [1.29, 1.82) is 0 Å². The largest absolute Gasteiger partial charge is 0.495 e. The predicted molar refractivity (Wildman–Crippen MR) is 92.9 cm³/mol. The molecule has 1 aromatic carbocycles. The molecule has 126 valence electrons. The summed E-state index contributed by atoms with van der Waals surface area (Å²) in [4.78, 5) is 23.1. The van der Waals surface area contributed by atoms with Crippen molar-refractivity contribution in [2.45, 2.75) is 26.7 Å². The molecule has 0 unspecified atom stereocenters. The summed E-state index contributed by atoms with van der Waals surface area (Å²) in [7, 11) is 1.63. The lowest BCUT2D eigenvalue weighted by atomic mass is 10.2. The Morgan fingerprint density at radius 1 is 1.17 bits per heavy atom. The van der Waals surface area contributed by atoms with Crippen molar-refractivity contribution in [3.8, 4) is 5.75 Å². The number of nitrogens with zero attached hydrogens (tertiary/aromatic N) is 3. The molecule has 3 rings (SSSR count). The second-order valence-corrected chi connectivity index (χ2v) is 6.01. The van der Waals surface area contributed by atoms with Crippen LogP contribution in [-0.4, -0.2) is 41.0 Å². The molecule has 1 fully saturated rings. The average Bonchev–Trinajstić information content (AvgIpc) is 3.08. The van der Waals surface area contributed by atoms with Crippen molar-refractivity contribution in [3.63, 3.8) is 0 Å². The van der Waals surface area contributed by atoms with E-state index in [9.17, 15) is 4.79 Å². The van der Waals surface area contributed by atoms with E-state index in [4.69, 9.17) is 4.74 Å². The minimum atomic E-state index is -0.0303. The van der Waals surface area contributed by atoms with Crippen molar-refractivity contribution < 1.29 is 9.53 Å². The number of carbonyl (C=O) groups excluding carboxylic acids is 1. The number of carbonyl (C=O) groups is 1.